The second-order valence-corrected chi connectivity index (χ2v) is 2.71. The van der Waals surface area contributed by atoms with E-state index in [9.17, 15) is 0 Å². The quantitative estimate of drug-likeness (QED) is 0.560. The lowest BCUT2D eigenvalue weighted by atomic mass is 10.1. The number of rotatable bonds is 1. The van der Waals surface area contributed by atoms with Crippen LogP contribution in [-0.2, 0) is 0 Å². The average molecular weight is 161 g/mol. The predicted octanol–water partition coefficient (Wildman–Crippen LogP) is 2.91. The third kappa shape index (κ3) is 3.33. The van der Waals surface area contributed by atoms with Crippen LogP contribution in [-0.4, -0.2) is 12.8 Å². The zero-order valence-electron chi connectivity index (χ0n) is 7.53. The Morgan fingerprint density at radius 1 is 1.42 bits per heavy atom. The largest absolute Gasteiger partial charge is 0.289 e. The minimum absolute atomic E-state index is 0.793. The molecular formula is C11H15N. The molecule has 0 amide bonds. The van der Waals surface area contributed by atoms with E-state index in [-0.39, 0.29) is 0 Å². The Morgan fingerprint density at radius 2 is 2.33 bits per heavy atom. The normalized spacial score (nSPS) is 17.6. The van der Waals surface area contributed by atoms with Gasteiger partial charge < -0.3 is 0 Å². The summed E-state index contributed by atoms with van der Waals surface area (Å²) in [5, 5.41) is 0. The van der Waals surface area contributed by atoms with E-state index in [4.69, 9.17) is 0 Å². The monoisotopic (exact) mass is 161 g/mol. The lowest BCUT2D eigenvalue weighted by molar-refractivity contribution is 1.12. The van der Waals surface area contributed by atoms with Crippen LogP contribution in [0.4, 0.5) is 0 Å². The summed E-state index contributed by atoms with van der Waals surface area (Å²) >= 11 is 0. The van der Waals surface area contributed by atoms with E-state index < -0.39 is 0 Å². The Balaban J connectivity index is 2.63. The molecule has 0 unspecified atom stereocenters. The van der Waals surface area contributed by atoms with E-state index in [1.807, 2.05) is 12.3 Å². The molecule has 0 aliphatic carbocycles. The van der Waals surface area contributed by atoms with E-state index in [0.717, 1.165) is 19.4 Å². The number of nitrogens with zero attached hydrogens (tertiary/aromatic N) is 1. The molecule has 0 bridgehead atoms. The summed E-state index contributed by atoms with van der Waals surface area (Å²) in [5.74, 6) is 0. The van der Waals surface area contributed by atoms with Crippen molar-refractivity contribution in [3.8, 4) is 0 Å². The first-order chi connectivity index (χ1) is 5.93. The maximum atomic E-state index is 4.18. The Hall–Kier alpha value is -1.11. The van der Waals surface area contributed by atoms with E-state index >= 15 is 0 Å². The second-order valence-electron chi connectivity index (χ2n) is 2.71. The summed E-state index contributed by atoms with van der Waals surface area (Å²) in [6, 6.07) is 0. The summed E-state index contributed by atoms with van der Waals surface area (Å²) in [6.45, 7) is 2.97. The molecule has 0 aromatic heterocycles. The first-order valence-electron chi connectivity index (χ1n) is 4.44. The van der Waals surface area contributed by atoms with Crippen molar-refractivity contribution in [2.45, 2.75) is 19.8 Å². The highest BCUT2D eigenvalue weighted by atomic mass is 14.7. The third-order valence-corrected chi connectivity index (χ3v) is 1.79. The number of hydrogen-bond donors (Lipinski definition) is 0. The van der Waals surface area contributed by atoms with Crippen LogP contribution in [0.3, 0.4) is 0 Å². The molecule has 0 saturated heterocycles. The predicted molar refractivity (Wildman–Crippen MR) is 54.6 cm³/mol. The van der Waals surface area contributed by atoms with Crippen molar-refractivity contribution in [2.24, 2.45) is 4.99 Å². The second kappa shape index (κ2) is 5.53. The van der Waals surface area contributed by atoms with Crippen LogP contribution in [0.1, 0.15) is 19.8 Å². The lowest BCUT2D eigenvalue weighted by Crippen LogP contribution is -1.80. The van der Waals surface area contributed by atoms with E-state index in [0.29, 0.717) is 0 Å². The van der Waals surface area contributed by atoms with E-state index in [1.165, 1.54) is 5.57 Å². The summed E-state index contributed by atoms with van der Waals surface area (Å²) in [4.78, 5) is 4.18. The van der Waals surface area contributed by atoms with Gasteiger partial charge in [0.25, 0.3) is 0 Å². The van der Waals surface area contributed by atoms with Crippen molar-refractivity contribution in [1.29, 1.82) is 0 Å². The SMILES string of the molecule is CCC1=CCC=CC=NCC=C1. The van der Waals surface area contributed by atoms with Gasteiger partial charge in [0.15, 0.2) is 0 Å². The minimum atomic E-state index is 0.793. The highest BCUT2D eigenvalue weighted by Gasteiger charge is 1.86. The fourth-order valence-electron chi connectivity index (χ4n) is 1.08. The molecule has 0 aromatic rings. The zero-order valence-corrected chi connectivity index (χ0v) is 7.53. The van der Waals surface area contributed by atoms with Gasteiger partial charge >= 0.3 is 0 Å². The Morgan fingerprint density at radius 3 is 3.17 bits per heavy atom. The number of hydrogen-bond acceptors (Lipinski definition) is 1. The molecule has 1 aliphatic heterocycles. The molecule has 1 nitrogen and oxygen atoms in total. The highest BCUT2D eigenvalue weighted by molar-refractivity contribution is 5.71. The molecule has 0 spiro atoms. The maximum Gasteiger partial charge on any atom is 0.0573 e. The van der Waals surface area contributed by atoms with Crippen molar-refractivity contribution in [3.05, 3.63) is 36.0 Å². The van der Waals surface area contributed by atoms with Gasteiger partial charge in [0, 0.05) is 6.21 Å². The smallest absolute Gasteiger partial charge is 0.0573 e. The van der Waals surface area contributed by atoms with E-state index in [1.54, 1.807) is 0 Å². The molecule has 1 heteroatoms. The van der Waals surface area contributed by atoms with Gasteiger partial charge in [-0.2, -0.15) is 0 Å². The first-order valence-corrected chi connectivity index (χ1v) is 4.44. The van der Waals surface area contributed by atoms with Crippen molar-refractivity contribution < 1.29 is 0 Å². The molecule has 1 aliphatic rings. The van der Waals surface area contributed by atoms with Crippen LogP contribution in [0.15, 0.2) is 40.9 Å². The van der Waals surface area contributed by atoms with Crippen LogP contribution in [0.25, 0.3) is 0 Å². The van der Waals surface area contributed by atoms with Crippen LogP contribution in [0.5, 0.6) is 0 Å². The molecule has 0 radical (unpaired) electrons. The molecule has 64 valence electrons. The molecule has 0 N–H and O–H groups in total. The third-order valence-electron chi connectivity index (χ3n) is 1.79. The fourth-order valence-corrected chi connectivity index (χ4v) is 1.08. The molecular weight excluding hydrogens is 146 g/mol. The molecule has 0 aromatic carbocycles. The maximum absolute atomic E-state index is 4.18. The zero-order chi connectivity index (χ0) is 8.65. The molecule has 1 rings (SSSR count). The summed E-state index contributed by atoms with van der Waals surface area (Å²) < 4.78 is 0. The number of allylic oxidation sites excluding steroid dienone is 5. The first kappa shape index (κ1) is 8.98. The van der Waals surface area contributed by atoms with Crippen LogP contribution in [0.2, 0.25) is 0 Å². The highest BCUT2D eigenvalue weighted by Crippen LogP contribution is 2.05. The van der Waals surface area contributed by atoms with Gasteiger partial charge in [0.05, 0.1) is 6.54 Å². The van der Waals surface area contributed by atoms with Crippen LogP contribution in [0, 0.1) is 0 Å². The minimum Gasteiger partial charge on any atom is -0.289 e. The lowest BCUT2D eigenvalue weighted by Gasteiger charge is -1.96. The molecule has 0 saturated carbocycles. The standard InChI is InChI=1S/C11H15N/c1-2-11-7-4-3-5-9-12-10-6-8-11/h3,5-9H,2,4,10H2,1H3. The van der Waals surface area contributed by atoms with Gasteiger partial charge in [0.2, 0.25) is 0 Å². The summed E-state index contributed by atoms with van der Waals surface area (Å²) in [6.07, 6.45) is 14.6. The van der Waals surface area contributed by atoms with Crippen molar-refractivity contribution >= 4 is 6.21 Å². The Labute approximate surface area is 74.2 Å². The van der Waals surface area contributed by atoms with Crippen molar-refractivity contribution in [2.75, 3.05) is 6.54 Å². The van der Waals surface area contributed by atoms with Gasteiger partial charge in [-0.05, 0) is 18.9 Å². The fraction of sp³-hybridized carbons (Fsp3) is 0.364. The van der Waals surface area contributed by atoms with Gasteiger partial charge in [-0.25, -0.2) is 0 Å². The van der Waals surface area contributed by atoms with Crippen molar-refractivity contribution in [1.82, 2.24) is 0 Å². The van der Waals surface area contributed by atoms with Gasteiger partial charge in [-0.15, -0.1) is 0 Å². The molecule has 0 fully saturated rings. The molecule has 0 atom stereocenters. The topological polar surface area (TPSA) is 12.4 Å². The number of aliphatic imine (C=N–C) groups is 1. The molecule has 12 heavy (non-hydrogen) atoms. The van der Waals surface area contributed by atoms with Gasteiger partial charge in [-0.3, -0.25) is 4.99 Å². The Kier molecular flexibility index (Phi) is 4.14. The van der Waals surface area contributed by atoms with Gasteiger partial charge in [0.1, 0.15) is 0 Å². The summed E-state index contributed by atoms with van der Waals surface area (Å²) in [5.41, 5.74) is 1.40. The average Bonchev–Trinajstić information content (AvgIpc) is 2.14. The van der Waals surface area contributed by atoms with Crippen LogP contribution < -0.4 is 0 Å². The van der Waals surface area contributed by atoms with Crippen LogP contribution >= 0.6 is 0 Å². The van der Waals surface area contributed by atoms with Gasteiger partial charge in [-0.1, -0.05) is 36.8 Å². The van der Waals surface area contributed by atoms with Crippen molar-refractivity contribution in [3.63, 3.8) is 0 Å². The Bertz CT molecular complexity index is 231. The molecule has 1 heterocycles. The van der Waals surface area contributed by atoms with E-state index in [2.05, 4.69) is 36.2 Å². The summed E-state index contributed by atoms with van der Waals surface area (Å²) in [7, 11) is 0.